The molecule has 0 radical (unpaired) electrons. The molecule has 3 N–H and O–H groups in total. The molecule has 1 aliphatic rings. The van der Waals surface area contributed by atoms with Crippen molar-refractivity contribution in [1.82, 2.24) is 0 Å². The molecule has 0 unspecified atom stereocenters. The fourth-order valence-corrected chi connectivity index (χ4v) is 2.99. The van der Waals surface area contributed by atoms with Gasteiger partial charge in [0.1, 0.15) is 5.76 Å². The van der Waals surface area contributed by atoms with Crippen LogP contribution in [-0.2, 0) is 11.2 Å². The van der Waals surface area contributed by atoms with Gasteiger partial charge in [0.25, 0.3) is 5.91 Å². The molecule has 2 heterocycles. The van der Waals surface area contributed by atoms with Crippen molar-refractivity contribution in [2.75, 3.05) is 17.2 Å². The van der Waals surface area contributed by atoms with Gasteiger partial charge in [-0.2, -0.15) is 0 Å². The topological polar surface area (TPSA) is 74.5 Å². The molecule has 5 nitrogen and oxygen atoms in total. The number of carbonyl (C=O) groups excluding carboxylic acids is 1. The maximum atomic E-state index is 12.3. The number of hydrogen-bond acceptors (Lipinski definition) is 4. The lowest BCUT2D eigenvalue weighted by Crippen LogP contribution is -2.05. The number of hydrogen-bond donors (Lipinski definition) is 3. The van der Waals surface area contributed by atoms with Gasteiger partial charge in [0.2, 0.25) is 0 Å². The highest BCUT2D eigenvalue weighted by Crippen LogP contribution is 2.35. The molecule has 0 saturated heterocycles. The molecule has 26 heavy (non-hydrogen) atoms. The van der Waals surface area contributed by atoms with Crippen molar-refractivity contribution in [3.05, 3.63) is 78.2 Å². The molecule has 0 aliphatic carbocycles. The minimum absolute atomic E-state index is 0.133. The first-order valence-electron chi connectivity index (χ1n) is 8.41. The Bertz CT molecular complexity index is 957. The summed E-state index contributed by atoms with van der Waals surface area (Å²) in [6, 6.07) is 17.3. The van der Waals surface area contributed by atoms with Crippen LogP contribution in [0.5, 0.6) is 0 Å². The minimum atomic E-state index is -0.138. The van der Waals surface area contributed by atoms with Crippen molar-refractivity contribution in [2.24, 2.45) is 0 Å². The number of fused-ring (bicyclic) bond motifs is 1. The van der Waals surface area contributed by atoms with E-state index in [9.17, 15) is 4.79 Å². The van der Waals surface area contributed by atoms with Crippen LogP contribution in [0.15, 0.2) is 71.5 Å². The lowest BCUT2D eigenvalue weighted by Gasteiger charge is -2.05. The van der Waals surface area contributed by atoms with Gasteiger partial charge < -0.3 is 20.2 Å². The number of rotatable bonds is 5. The molecule has 0 saturated carbocycles. The van der Waals surface area contributed by atoms with E-state index < -0.39 is 0 Å². The fraction of sp³-hybridized carbons (Fsp3) is 0.0952. The molecule has 4 rings (SSSR count). The second kappa shape index (κ2) is 6.90. The normalized spacial score (nSPS) is 14.3. The predicted octanol–water partition coefficient (Wildman–Crippen LogP) is 3.89. The second-order valence-corrected chi connectivity index (χ2v) is 6.06. The van der Waals surface area contributed by atoms with E-state index >= 15 is 0 Å². The van der Waals surface area contributed by atoms with Crippen LogP contribution in [0.2, 0.25) is 0 Å². The zero-order valence-electron chi connectivity index (χ0n) is 14.0. The first-order valence-corrected chi connectivity index (χ1v) is 8.41. The highest BCUT2D eigenvalue weighted by molar-refractivity contribution is 6.31. The number of furan rings is 1. The van der Waals surface area contributed by atoms with Crippen LogP contribution in [0.3, 0.4) is 0 Å². The SMILES string of the molecule is O=C1Nc2cc(-c3ccco3)ccc2/C1=C/Nc1ccc(CCO)cc1. The van der Waals surface area contributed by atoms with Gasteiger partial charge in [-0.15, -0.1) is 0 Å². The first-order chi connectivity index (χ1) is 12.7. The molecule has 3 aromatic rings. The van der Waals surface area contributed by atoms with Gasteiger partial charge in [-0.3, -0.25) is 4.79 Å². The average molecular weight is 346 g/mol. The molecule has 2 aromatic carbocycles. The maximum Gasteiger partial charge on any atom is 0.257 e. The molecule has 5 heteroatoms. The molecule has 1 aromatic heterocycles. The van der Waals surface area contributed by atoms with Crippen LogP contribution in [0.1, 0.15) is 11.1 Å². The van der Waals surface area contributed by atoms with Gasteiger partial charge in [-0.25, -0.2) is 0 Å². The van der Waals surface area contributed by atoms with Crippen molar-refractivity contribution in [2.45, 2.75) is 6.42 Å². The highest BCUT2D eigenvalue weighted by Gasteiger charge is 2.24. The van der Waals surface area contributed by atoms with Crippen molar-refractivity contribution in [3.63, 3.8) is 0 Å². The van der Waals surface area contributed by atoms with Crippen molar-refractivity contribution in [1.29, 1.82) is 0 Å². The van der Waals surface area contributed by atoms with Gasteiger partial charge in [0, 0.05) is 35.3 Å². The summed E-state index contributed by atoms with van der Waals surface area (Å²) in [6.45, 7) is 0.133. The van der Waals surface area contributed by atoms with E-state index in [0.29, 0.717) is 12.0 Å². The first kappa shape index (κ1) is 16.2. The Morgan fingerprint density at radius 3 is 2.69 bits per heavy atom. The van der Waals surface area contributed by atoms with E-state index in [4.69, 9.17) is 9.52 Å². The summed E-state index contributed by atoms with van der Waals surface area (Å²) < 4.78 is 5.41. The summed E-state index contributed by atoms with van der Waals surface area (Å²) in [7, 11) is 0. The van der Waals surface area contributed by atoms with Crippen molar-refractivity contribution in [3.8, 4) is 11.3 Å². The van der Waals surface area contributed by atoms with Crippen LogP contribution in [0.25, 0.3) is 16.9 Å². The number of amides is 1. The number of aliphatic hydroxyl groups excluding tert-OH is 1. The monoisotopic (exact) mass is 346 g/mol. The van der Waals surface area contributed by atoms with Crippen LogP contribution >= 0.6 is 0 Å². The average Bonchev–Trinajstić information content (AvgIpc) is 3.28. The van der Waals surface area contributed by atoms with Crippen LogP contribution in [-0.4, -0.2) is 17.6 Å². The molecule has 0 bridgehead atoms. The van der Waals surface area contributed by atoms with Crippen LogP contribution in [0.4, 0.5) is 11.4 Å². The Kier molecular flexibility index (Phi) is 4.29. The minimum Gasteiger partial charge on any atom is -0.464 e. The van der Waals surface area contributed by atoms with Gasteiger partial charge in [-0.05, 0) is 42.3 Å². The highest BCUT2D eigenvalue weighted by atomic mass is 16.3. The molecule has 0 fully saturated rings. The lowest BCUT2D eigenvalue weighted by atomic mass is 10.0. The third kappa shape index (κ3) is 3.12. The third-order valence-electron chi connectivity index (χ3n) is 4.35. The predicted molar refractivity (Wildman–Crippen MR) is 102 cm³/mol. The van der Waals surface area contributed by atoms with Crippen LogP contribution in [0, 0.1) is 0 Å². The standard InChI is InChI=1S/C21H18N2O3/c24-10-9-14-3-6-16(7-4-14)22-13-18-17-8-5-15(20-2-1-11-26-20)12-19(17)23-21(18)25/h1-8,11-13,22,24H,9-10H2,(H,23,25)/b18-13-. The van der Waals surface area contributed by atoms with E-state index in [2.05, 4.69) is 10.6 Å². The number of anilines is 2. The summed E-state index contributed by atoms with van der Waals surface area (Å²) in [5, 5.41) is 15.0. The number of benzene rings is 2. The van der Waals surface area contributed by atoms with E-state index in [0.717, 1.165) is 33.8 Å². The fourth-order valence-electron chi connectivity index (χ4n) is 2.99. The molecule has 1 aliphatic heterocycles. The van der Waals surface area contributed by atoms with Crippen molar-refractivity contribution < 1.29 is 14.3 Å². The lowest BCUT2D eigenvalue weighted by molar-refractivity contribution is -0.110. The summed E-state index contributed by atoms with van der Waals surface area (Å²) >= 11 is 0. The van der Waals surface area contributed by atoms with Crippen LogP contribution < -0.4 is 10.6 Å². The Labute approximate surface area is 151 Å². The van der Waals surface area contributed by atoms with Crippen molar-refractivity contribution >= 4 is 22.9 Å². The quantitative estimate of drug-likeness (QED) is 0.613. The number of carbonyl (C=O) groups is 1. The Morgan fingerprint density at radius 2 is 1.96 bits per heavy atom. The maximum absolute atomic E-state index is 12.3. The smallest absolute Gasteiger partial charge is 0.257 e. The van der Waals surface area contributed by atoms with Gasteiger partial charge in [0.05, 0.1) is 11.8 Å². The zero-order chi connectivity index (χ0) is 17.9. The summed E-state index contributed by atoms with van der Waals surface area (Å²) in [5.41, 5.74) is 5.09. The largest absolute Gasteiger partial charge is 0.464 e. The molecule has 0 spiro atoms. The Hall–Kier alpha value is -3.31. The third-order valence-corrected chi connectivity index (χ3v) is 4.35. The number of aliphatic hydroxyl groups is 1. The second-order valence-electron chi connectivity index (χ2n) is 6.06. The molecule has 0 atom stereocenters. The van der Waals surface area contributed by atoms with E-state index in [1.54, 1.807) is 12.5 Å². The van der Waals surface area contributed by atoms with E-state index in [1.807, 2.05) is 54.6 Å². The molecular weight excluding hydrogens is 328 g/mol. The van der Waals surface area contributed by atoms with Gasteiger partial charge in [0.15, 0.2) is 0 Å². The summed E-state index contributed by atoms with van der Waals surface area (Å²) in [4.78, 5) is 12.3. The summed E-state index contributed by atoms with van der Waals surface area (Å²) in [6.07, 6.45) is 3.98. The molecule has 130 valence electrons. The Balaban J connectivity index is 1.56. The van der Waals surface area contributed by atoms with E-state index in [-0.39, 0.29) is 12.5 Å². The Morgan fingerprint density at radius 1 is 1.12 bits per heavy atom. The number of nitrogens with one attached hydrogen (secondary N) is 2. The molecular formula is C21H18N2O3. The van der Waals surface area contributed by atoms with Gasteiger partial charge in [-0.1, -0.05) is 24.3 Å². The van der Waals surface area contributed by atoms with E-state index in [1.165, 1.54) is 0 Å². The zero-order valence-corrected chi connectivity index (χ0v) is 14.0. The van der Waals surface area contributed by atoms with Gasteiger partial charge >= 0.3 is 0 Å². The molecule has 1 amide bonds. The summed E-state index contributed by atoms with van der Waals surface area (Å²) in [5.74, 6) is 0.626.